The summed E-state index contributed by atoms with van der Waals surface area (Å²) < 4.78 is 10.1. The molecule has 1 rings (SSSR count). The van der Waals surface area contributed by atoms with Crippen LogP contribution in [0.1, 0.15) is 0 Å². The SMILES string of the molecule is O=C[C@H](O)[C@@H](O)[C@@H](O[C@H]1O[C@@H](CO)[C@H](O)[C@@H](O)[C@@H]1O)[C@@H](O)CO. The van der Waals surface area contributed by atoms with Crippen LogP contribution >= 0.6 is 0 Å². The summed E-state index contributed by atoms with van der Waals surface area (Å²) in [5.41, 5.74) is 0. The van der Waals surface area contributed by atoms with Gasteiger partial charge in [-0.25, -0.2) is 0 Å². The van der Waals surface area contributed by atoms with Gasteiger partial charge in [0.2, 0.25) is 0 Å². The van der Waals surface area contributed by atoms with Crippen LogP contribution in [0.3, 0.4) is 0 Å². The van der Waals surface area contributed by atoms with Crippen molar-refractivity contribution >= 4 is 6.29 Å². The van der Waals surface area contributed by atoms with Crippen molar-refractivity contribution in [2.45, 2.75) is 55.1 Å². The van der Waals surface area contributed by atoms with Crippen LogP contribution in [0, 0.1) is 0 Å². The monoisotopic (exact) mass is 342 g/mol. The van der Waals surface area contributed by atoms with Crippen molar-refractivity contribution in [3.8, 4) is 0 Å². The van der Waals surface area contributed by atoms with Crippen LogP contribution in [-0.4, -0.2) is 115 Å². The Morgan fingerprint density at radius 2 is 1.65 bits per heavy atom. The number of hydrogen-bond donors (Lipinski definition) is 8. The lowest BCUT2D eigenvalue weighted by atomic mass is 9.98. The molecule has 0 radical (unpaired) electrons. The van der Waals surface area contributed by atoms with E-state index >= 15 is 0 Å². The molecule has 1 heterocycles. The largest absolute Gasteiger partial charge is 0.394 e. The normalized spacial score (nSPS) is 37.0. The highest BCUT2D eigenvalue weighted by molar-refractivity contribution is 5.56. The molecular weight excluding hydrogens is 320 g/mol. The molecule has 0 aromatic carbocycles. The predicted molar refractivity (Wildman–Crippen MR) is 69.8 cm³/mol. The summed E-state index contributed by atoms with van der Waals surface area (Å²) in [6.07, 6.45) is -15.7. The van der Waals surface area contributed by atoms with Crippen molar-refractivity contribution in [3.05, 3.63) is 0 Å². The van der Waals surface area contributed by atoms with Crippen LogP contribution in [0.15, 0.2) is 0 Å². The first-order valence-electron chi connectivity index (χ1n) is 6.84. The minimum Gasteiger partial charge on any atom is -0.394 e. The third-order valence-electron chi connectivity index (χ3n) is 3.53. The van der Waals surface area contributed by atoms with E-state index in [1.165, 1.54) is 0 Å². The van der Waals surface area contributed by atoms with Crippen LogP contribution < -0.4 is 0 Å². The Kier molecular flexibility index (Phi) is 7.89. The summed E-state index contributed by atoms with van der Waals surface area (Å²) in [7, 11) is 0. The lowest BCUT2D eigenvalue weighted by molar-refractivity contribution is -0.326. The molecule has 11 nitrogen and oxygen atoms in total. The molecule has 0 saturated carbocycles. The van der Waals surface area contributed by atoms with Crippen LogP contribution in [0.25, 0.3) is 0 Å². The second-order valence-electron chi connectivity index (χ2n) is 5.17. The second-order valence-corrected chi connectivity index (χ2v) is 5.17. The van der Waals surface area contributed by atoms with Crippen LogP contribution in [0.2, 0.25) is 0 Å². The van der Waals surface area contributed by atoms with Gasteiger partial charge in [-0.3, -0.25) is 0 Å². The third-order valence-corrected chi connectivity index (χ3v) is 3.53. The Balaban J connectivity index is 2.91. The Labute approximate surface area is 130 Å². The zero-order valence-corrected chi connectivity index (χ0v) is 12.0. The van der Waals surface area contributed by atoms with Gasteiger partial charge in [-0.2, -0.15) is 0 Å². The van der Waals surface area contributed by atoms with Crippen molar-refractivity contribution in [1.29, 1.82) is 0 Å². The van der Waals surface area contributed by atoms with Gasteiger partial charge in [0.15, 0.2) is 12.6 Å². The van der Waals surface area contributed by atoms with Gasteiger partial charge >= 0.3 is 0 Å². The van der Waals surface area contributed by atoms with Gasteiger partial charge in [-0.15, -0.1) is 0 Å². The molecule has 0 aromatic rings. The molecule has 9 atom stereocenters. The number of carbonyl (C=O) groups is 1. The van der Waals surface area contributed by atoms with Crippen molar-refractivity contribution in [3.63, 3.8) is 0 Å². The maximum atomic E-state index is 10.5. The molecule has 11 heteroatoms. The fourth-order valence-corrected chi connectivity index (χ4v) is 2.11. The molecular formula is C12H22O11. The van der Waals surface area contributed by atoms with Gasteiger partial charge in [0.05, 0.1) is 13.2 Å². The molecule has 0 unspecified atom stereocenters. The summed E-state index contributed by atoms with van der Waals surface area (Å²) in [5.74, 6) is 0. The quantitative estimate of drug-likeness (QED) is 0.196. The predicted octanol–water partition coefficient (Wildman–Crippen LogP) is -5.55. The minimum absolute atomic E-state index is 0.0294. The average molecular weight is 342 g/mol. The van der Waals surface area contributed by atoms with E-state index in [4.69, 9.17) is 19.7 Å². The second kappa shape index (κ2) is 8.94. The number of ether oxygens (including phenoxy) is 2. The summed E-state index contributed by atoms with van der Waals surface area (Å²) in [6.45, 7) is -1.64. The van der Waals surface area contributed by atoms with Gasteiger partial charge in [0.25, 0.3) is 0 Å². The smallest absolute Gasteiger partial charge is 0.187 e. The number of aliphatic hydroxyl groups is 8. The molecule has 0 spiro atoms. The van der Waals surface area contributed by atoms with E-state index in [9.17, 15) is 35.4 Å². The average Bonchev–Trinajstić information content (AvgIpc) is 2.57. The molecule has 8 N–H and O–H groups in total. The maximum absolute atomic E-state index is 10.5. The fraction of sp³-hybridized carbons (Fsp3) is 0.917. The molecule has 1 aliphatic rings. The highest BCUT2D eigenvalue weighted by Crippen LogP contribution is 2.24. The van der Waals surface area contributed by atoms with E-state index in [0.717, 1.165) is 0 Å². The van der Waals surface area contributed by atoms with E-state index < -0.39 is 68.3 Å². The van der Waals surface area contributed by atoms with Crippen LogP contribution in [0.4, 0.5) is 0 Å². The minimum atomic E-state index is -1.97. The third kappa shape index (κ3) is 4.64. The standard InChI is InChI=1S/C12H22O11/c13-1-4(16)7(18)11(5(17)2-14)23-12-10(21)9(20)8(19)6(3-15)22-12/h1,4-12,14-21H,2-3H2/t4-,5-,6-,7+,8-,9+,10-,11-,12+/m0/s1. The van der Waals surface area contributed by atoms with Crippen molar-refractivity contribution in [2.24, 2.45) is 0 Å². The molecule has 136 valence electrons. The zero-order chi connectivity index (χ0) is 17.7. The van der Waals surface area contributed by atoms with E-state index in [0.29, 0.717) is 0 Å². The molecule has 1 saturated heterocycles. The van der Waals surface area contributed by atoms with Gasteiger partial charge in [-0.1, -0.05) is 0 Å². The fourth-order valence-electron chi connectivity index (χ4n) is 2.11. The van der Waals surface area contributed by atoms with Gasteiger partial charge in [0.1, 0.15) is 48.8 Å². The van der Waals surface area contributed by atoms with Crippen molar-refractivity contribution in [1.82, 2.24) is 0 Å². The van der Waals surface area contributed by atoms with Crippen LogP contribution in [-0.2, 0) is 14.3 Å². The zero-order valence-electron chi connectivity index (χ0n) is 12.0. The number of aldehydes is 1. The van der Waals surface area contributed by atoms with Gasteiger partial charge < -0.3 is 55.1 Å². The first-order valence-corrected chi connectivity index (χ1v) is 6.84. The summed E-state index contributed by atoms with van der Waals surface area (Å²) in [6, 6.07) is 0. The van der Waals surface area contributed by atoms with E-state index in [1.54, 1.807) is 0 Å². The molecule has 1 aliphatic heterocycles. The van der Waals surface area contributed by atoms with Crippen molar-refractivity contribution < 1.29 is 55.1 Å². The summed E-state index contributed by atoms with van der Waals surface area (Å²) in [4.78, 5) is 10.5. The Bertz CT molecular complexity index is 365. The van der Waals surface area contributed by atoms with Gasteiger partial charge in [-0.05, 0) is 0 Å². The Morgan fingerprint density at radius 3 is 2.13 bits per heavy atom. The summed E-state index contributed by atoms with van der Waals surface area (Å²) in [5, 5.41) is 75.7. The van der Waals surface area contributed by atoms with Crippen LogP contribution in [0.5, 0.6) is 0 Å². The molecule has 1 fully saturated rings. The number of carbonyl (C=O) groups excluding carboxylic acids is 1. The number of rotatable bonds is 8. The maximum Gasteiger partial charge on any atom is 0.187 e. The van der Waals surface area contributed by atoms with E-state index in [2.05, 4.69) is 0 Å². The molecule has 0 aromatic heterocycles. The van der Waals surface area contributed by atoms with Crippen molar-refractivity contribution in [2.75, 3.05) is 13.2 Å². The Morgan fingerprint density at radius 1 is 1.04 bits per heavy atom. The van der Waals surface area contributed by atoms with Gasteiger partial charge in [0, 0.05) is 0 Å². The number of aliphatic hydroxyl groups excluding tert-OH is 8. The summed E-state index contributed by atoms with van der Waals surface area (Å²) >= 11 is 0. The molecule has 0 aliphatic carbocycles. The highest BCUT2D eigenvalue weighted by Gasteiger charge is 2.46. The lowest BCUT2D eigenvalue weighted by Crippen LogP contribution is -2.61. The number of hydrogen-bond acceptors (Lipinski definition) is 11. The Hall–Kier alpha value is -0.730. The molecule has 23 heavy (non-hydrogen) atoms. The first kappa shape index (κ1) is 20.3. The lowest BCUT2D eigenvalue weighted by Gasteiger charge is -2.42. The van der Waals surface area contributed by atoms with E-state index in [-0.39, 0.29) is 6.29 Å². The highest BCUT2D eigenvalue weighted by atomic mass is 16.7. The molecule has 0 bridgehead atoms. The first-order chi connectivity index (χ1) is 10.8. The molecule has 0 amide bonds. The van der Waals surface area contributed by atoms with E-state index in [1.807, 2.05) is 0 Å². The topological polar surface area (TPSA) is 197 Å².